The molecule has 0 bridgehead atoms. The van der Waals surface area contributed by atoms with Gasteiger partial charge in [0.05, 0.1) is 7.11 Å². The summed E-state index contributed by atoms with van der Waals surface area (Å²) in [5, 5.41) is 13.2. The maximum absolute atomic E-state index is 13.1. The number of amides is 1. The van der Waals surface area contributed by atoms with Gasteiger partial charge in [0.25, 0.3) is 0 Å². The number of methoxy groups -OCH3 is 1. The molecule has 3 rings (SSSR count). The Balaban J connectivity index is 1.91. The van der Waals surface area contributed by atoms with Crippen molar-refractivity contribution in [3.8, 4) is 11.5 Å². The first-order valence-corrected chi connectivity index (χ1v) is 8.31. The molecule has 1 aromatic carbocycles. The quantitative estimate of drug-likeness (QED) is 0.866. The first kappa shape index (κ1) is 16.1. The number of likely N-dealkylation sites (tertiary alicyclic amines) is 1. The average Bonchev–Trinajstić information content (AvgIpc) is 3.12. The number of phenolic OH excluding ortho intramolecular Hbond substituents is 1. The number of nitrogens with one attached hydrogen (secondary N) is 1. The SMILES string of the molecule is COc1cc(C(C(=O)N2CCCC2)N2CCNCC2)ccc1O. The normalized spacial score (nSPS) is 20.5. The van der Waals surface area contributed by atoms with E-state index < -0.39 is 0 Å². The number of rotatable bonds is 4. The topological polar surface area (TPSA) is 65.0 Å². The number of benzene rings is 1. The first-order valence-electron chi connectivity index (χ1n) is 8.31. The maximum atomic E-state index is 13.1. The molecule has 0 radical (unpaired) electrons. The molecule has 2 fully saturated rings. The van der Waals surface area contributed by atoms with Crippen LogP contribution in [-0.4, -0.2) is 67.2 Å². The van der Waals surface area contributed by atoms with Crippen molar-refractivity contribution >= 4 is 5.91 Å². The molecule has 0 aromatic heterocycles. The molecule has 1 atom stereocenters. The Morgan fingerprint density at radius 1 is 1.22 bits per heavy atom. The van der Waals surface area contributed by atoms with Gasteiger partial charge in [-0.05, 0) is 30.5 Å². The first-order chi connectivity index (χ1) is 11.2. The summed E-state index contributed by atoms with van der Waals surface area (Å²) in [6.45, 7) is 5.14. The Morgan fingerprint density at radius 2 is 1.91 bits per heavy atom. The number of carbonyl (C=O) groups is 1. The Morgan fingerprint density at radius 3 is 2.57 bits per heavy atom. The molecule has 1 amide bonds. The molecule has 23 heavy (non-hydrogen) atoms. The third kappa shape index (κ3) is 3.43. The number of piperazine rings is 1. The van der Waals surface area contributed by atoms with Crippen LogP contribution in [0.3, 0.4) is 0 Å². The second-order valence-corrected chi connectivity index (χ2v) is 6.15. The highest BCUT2D eigenvalue weighted by molar-refractivity contribution is 5.84. The van der Waals surface area contributed by atoms with E-state index in [1.807, 2.05) is 11.0 Å². The minimum Gasteiger partial charge on any atom is -0.504 e. The lowest BCUT2D eigenvalue weighted by atomic mass is 10.0. The van der Waals surface area contributed by atoms with E-state index in [1.54, 1.807) is 12.1 Å². The molecule has 2 saturated heterocycles. The fourth-order valence-electron chi connectivity index (χ4n) is 3.42. The van der Waals surface area contributed by atoms with Crippen LogP contribution in [0, 0.1) is 0 Å². The van der Waals surface area contributed by atoms with E-state index in [0.717, 1.165) is 57.7 Å². The van der Waals surface area contributed by atoms with Crippen LogP contribution in [0.4, 0.5) is 0 Å². The van der Waals surface area contributed by atoms with Gasteiger partial charge in [-0.15, -0.1) is 0 Å². The van der Waals surface area contributed by atoms with Crippen molar-refractivity contribution in [2.45, 2.75) is 18.9 Å². The molecular weight excluding hydrogens is 294 g/mol. The number of ether oxygens (including phenoxy) is 1. The van der Waals surface area contributed by atoms with Gasteiger partial charge in [0.2, 0.25) is 5.91 Å². The van der Waals surface area contributed by atoms with Crippen LogP contribution in [0.1, 0.15) is 24.4 Å². The summed E-state index contributed by atoms with van der Waals surface area (Å²) in [5.41, 5.74) is 0.887. The van der Waals surface area contributed by atoms with E-state index in [-0.39, 0.29) is 17.7 Å². The Labute approximate surface area is 137 Å². The monoisotopic (exact) mass is 319 g/mol. The molecule has 2 N–H and O–H groups in total. The van der Waals surface area contributed by atoms with Crippen LogP contribution in [0.25, 0.3) is 0 Å². The second-order valence-electron chi connectivity index (χ2n) is 6.15. The molecule has 2 aliphatic rings. The fraction of sp³-hybridized carbons (Fsp3) is 0.588. The van der Waals surface area contributed by atoms with Gasteiger partial charge in [0.1, 0.15) is 6.04 Å². The highest BCUT2D eigenvalue weighted by Crippen LogP contribution is 2.32. The minimum absolute atomic E-state index is 0.101. The molecule has 0 spiro atoms. The zero-order valence-corrected chi connectivity index (χ0v) is 13.6. The van der Waals surface area contributed by atoms with E-state index in [1.165, 1.54) is 7.11 Å². The second kappa shape index (κ2) is 7.19. The number of aromatic hydroxyl groups is 1. The zero-order chi connectivity index (χ0) is 16.2. The summed E-state index contributed by atoms with van der Waals surface area (Å²) in [5.74, 6) is 0.679. The smallest absolute Gasteiger partial charge is 0.244 e. The molecule has 2 heterocycles. The number of phenols is 1. The van der Waals surface area contributed by atoms with Gasteiger partial charge in [0, 0.05) is 39.3 Å². The summed E-state index contributed by atoms with van der Waals surface area (Å²) in [4.78, 5) is 17.3. The van der Waals surface area contributed by atoms with E-state index in [4.69, 9.17) is 4.74 Å². The summed E-state index contributed by atoms with van der Waals surface area (Å²) in [6.07, 6.45) is 2.16. The lowest BCUT2D eigenvalue weighted by Crippen LogP contribution is -2.49. The summed E-state index contributed by atoms with van der Waals surface area (Å²) >= 11 is 0. The van der Waals surface area contributed by atoms with Gasteiger partial charge in [0.15, 0.2) is 11.5 Å². The highest BCUT2D eigenvalue weighted by atomic mass is 16.5. The molecule has 1 unspecified atom stereocenters. The molecular formula is C17H25N3O3. The molecule has 126 valence electrons. The number of nitrogens with zero attached hydrogens (tertiary/aromatic N) is 2. The molecule has 6 heteroatoms. The predicted octanol–water partition coefficient (Wildman–Crippen LogP) is 0.970. The Kier molecular flexibility index (Phi) is 5.03. The summed E-state index contributed by atoms with van der Waals surface area (Å²) in [6, 6.07) is 4.93. The van der Waals surface area contributed by atoms with Gasteiger partial charge in [-0.25, -0.2) is 0 Å². The maximum Gasteiger partial charge on any atom is 0.244 e. The van der Waals surface area contributed by atoms with Gasteiger partial charge in [-0.2, -0.15) is 0 Å². The largest absolute Gasteiger partial charge is 0.504 e. The number of hydrogen-bond donors (Lipinski definition) is 2. The van der Waals surface area contributed by atoms with Crippen molar-refractivity contribution in [2.24, 2.45) is 0 Å². The average molecular weight is 319 g/mol. The van der Waals surface area contributed by atoms with E-state index in [9.17, 15) is 9.90 Å². The van der Waals surface area contributed by atoms with Crippen LogP contribution in [0.5, 0.6) is 11.5 Å². The lowest BCUT2D eigenvalue weighted by Gasteiger charge is -2.36. The van der Waals surface area contributed by atoms with Crippen molar-refractivity contribution in [1.29, 1.82) is 0 Å². The van der Waals surface area contributed by atoms with E-state index >= 15 is 0 Å². The van der Waals surface area contributed by atoms with Crippen molar-refractivity contribution < 1.29 is 14.6 Å². The van der Waals surface area contributed by atoms with Crippen LogP contribution in [0.2, 0.25) is 0 Å². The number of carbonyl (C=O) groups excluding carboxylic acids is 1. The molecule has 0 saturated carbocycles. The van der Waals surface area contributed by atoms with Crippen molar-refractivity contribution in [2.75, 3.05) is 46.4 Å². The standard InChI is InChI=1S/C17H25N3O3/c1-23-15-12-13(4-5-14(15)21)16(19-10-6-18-7-11-19)17(22)20-8-2-3-9-20/h4-5,12,16,18,21H,2-3,6-11H2,1H3. The van der Waals surface area contributed by atoms with Crippen molar-refractivity contribution in [3.63, 3.8) is 0 Å². The summed E-state index contributed by atoms with van der Waals surface area (Å²) < 4.78 is 5.22. The summed E-state index contributed by atoms with van der Waals surface area (Å²) in [7, 11) is 1.53. The molecule has 6 nitrogen and oxygen atoms in total. The van der Waals surface area contributed by atoms with Gasteiger partial charge in [-0.3, -0.25) is 9.69 Å². The van der Waals surface area contributed by atoms with Gasteiger partial charge < -0.3 is 20.1 Å². The zero-order valence-electron chi connectivity index (χ0n) is 13.6. The van der Waals surface area contributed by atoms with Crippen LogP contribution in [0.15, 0.2) is 18.2 Å². The molecule has 1 aromatic rings. The third-order valence-corrected chi connectivity index (χ3v) is 4.69. The van der Waals surface area contributed by atoms with E-state index in [2.05, 4.69) is 10.2 Å². The Bertz CT molecular complexity index is 552. The van der Waals surface area contributed by atoms with Crippen molar-refractivity contribution in [3.05, 3.63) is 23.8 Å². The highest BCUT2D eigenvalue weighted by Gasteiger charge is 2.33. The van der Waals surface area contributed by atoms with Crippen LogP contribution >= 0.6 is 0 Å². The van der Waals surface area contributed by atoms with Crippen LogP contribution in [-0.2, 0) is 4.79 Å². The van der Waals surface area contributed by atoms with Crippen LogP contribution < -0.4 is 10.1 Å². The van der Waals surface area contributed by atoms with Gasteiger partial charge >= 0.3 is 0 Å². The van der Waals surface area contributed by atoms with Crippen molar-refractivity contribution in [1.82, 2.24) is 15.1 Å². The third-order valence-electron chi connectivity index (χ3n) is 4.69. The Hall–Kier alpha value is -1.79. The van der Waals surface area contributed by atoms with E-state index in [0.29, 0.717) is 5.75 Å². The fourth-order valence-corrected chi connectivity index (χ4v) is 3.42. The predicted molar refractivity (Wildman–Crippen MR) is 87.7 cm³/mol. The number of hydrogen-bond acceptors (Lipinski definition) is 5. The van der Waals surface area contributed by atoms with Gasteiger partial charge in [-0.1, -0.05) is 6.07 Å². The molecule has 2 aliphatic heterocycles. The lowest BCUT2D eigenvalue weighted by molar-refractivity contribution is -0.136. The minimum atomic E-state index is -0.301. The molecule has 0 aliphatic carbocycles.